The number of terminal acetylenes is 1. The molecule has 158 valence electrons. The number of carbonyl (C=O) groups is 1. The van der Waals surface area contributed by atoms with Crippen LogP contribution in [0.5, 0.6) is 0 Å². The Labute approximate surface area is 175 Å². The molecule has 4 aliphatic carbocycles. The zero-order valence-electron chi connectivity index (χ0n) is 18.1. The summed E-state index contributed by atoms with van der Waals surface area (Å²) >= 11 is 0. The fourth-order valence-electron chi connectivity index (χ4n) is 7.14. The van der Waals surface area contributed by atoms with Crippen molar-refractivity contribution in [2.45, 2.75) is 84.2 Å². The molecule has 4 heteroatoms. The van der Waals surface area contributed by atoms with Gasteiger partial charge < -0.3 is 9.94 Å². The van der Waals surface area contributed by atoms with Gasteiger partial charge in [0.2, 0.25) is 0 Å². The van der Waals surface area contributed by atoms with Gasteiger partial charge in [-0.15, -0.1) is 6.42 Å². The van der Waals surface area contributed by atoms with Crippen molar-refractivity contribution in [3.8, 4) is 12.3 Å². The molecule has 0 heterocycles. The Hall–Kier alpha value is -1.76. The van der Waals surface area contributed by atoms with Gasteiger partial charge in [-0.3, -0.25) is 4.79 Å². The minimum absolute atomic E-state index is 0.105. The summed E-state index contributed by atoms with van der Waals surface area (Å²) in [7, 11) is 0. The van der Waals surface area contributed by atoms with Crippen molar-refractivity contribution in [1.29, 1.82) is 0 Å². The first-order chi connectivity index (χ1) is 13.9. The Morgan fingerprint density at radius 3 is 2.79 bits per heavy atom. The molecule has 0 saturated heterocycles. The third kappa shape index (κ3) is 3.04. The highest BCUT2D eigenvalue weighted by Crippen LogP contribution is 2.65. The quantitative estimate of drug-likeness (QED) is 0.302. The van der Waals surface area contributed by atoms with Gasteiger partial charge in [-0.25, -0.2) is 0 Å². The number of carbonyl (C=O) groups excluding carboxylic acids is 1. The number of oxime groups is 1. The number of fused-ring (bicyclic) bond motifs is 5. The predicted octanol–water partition coefficient (Wildman–Crippen LogP) is 5.35. The zero-order valence-corrected chi connectivity index (χ0v) is 18.1. The van der Waals surface area contributed by atoms with Crippen LogP contribution < -0.4 is 0 Å². The lowest BCUT2D eigenvalue weighted by Gasteiger charge is -2.55. The molecule has 7 atom stereocenters. The first-order valence-electron chi connectivity index (χ1n) is 11.5. The molecule has 0 amide bonds. The monoisotopic (exact) mass is 397 g/mol. The van der Waals surface area contributed by atoms with Crippen LogP contribution in [-0.2, 0) is 9.53 Å². The molecule has 1 unspecified atom stereocenters. The molecule has 4 aliphatic rings. The van der Waals surface area contributed by atoms with E-state index in [-0.39, 0.29) is 17.3 Å². The highest BCUT2D eigenvalue weighted by atomic mass is 16.6. The van der Waals surface area contributed by atoms with Crippen LogP contribution in [0.15, 0.2) is 16.8 Å². The van der Waals surface area contributed by atoms with Gasteiger partial charge in [0.05, 0.1) is 11.6 Å². The fraction of sp³-hybridized carbons (Fsp3) is 0.760. The van der Waals surface area contributed by atoms with E-state index in [2.05, 4.69) is 24.1 Å². The Balaban J connectivity index is 1.59. The largest absolute Gasteiger partial charge is 0.445 e. The van der Waals surface area contributed by atoms with Crippen LogP contribution in [0.1, 0.15) is 78.6 Å². The number of nitrogens with zero attached hydrogens (tertiary/aromatic N) is 1. The molecular formula is C25H35NO3. The van der Waals surface area contributed by atoms with Gasteiger partial charge in [0, 0.05) is 5.41 Å². The van der Waals surface area contributed by atoms with Gasteiger partial charge in [-0.2, -0.15) is 0 Å². The third-order valence-electron chi connectivity index (χ3n) is 9.09. The average Bonchev–Trinajstić information content (AvgIpc) is 3.04. The number of ether oxygens (including phenoxy) is 1. The summed E-state index contributed by atoms with van der Waals surface area (Å²) in [6, 6.07) is 0. The molecular weight excluding hydrogens is 362 g/mol. The zero-order chi connectivity index (χ0) is 20.8. The fourth-order valence-corrected chi connectivity index (χ4v) is 7.14. The summed E-state index contributed by atoms with van der Waals surface area (Å²) < 4.78 is 6.16. The van der Waals surface area contributed by atoms with E-state index < -0.39 is 5.60 Å². The average molecular weight is 398 g/mol. The van der Waals surface area contributed by atoms with E-state index in [4.69, 9.17) is 16.4 Å². The lowest BCUT2D eigenvalue weighted by atomic mass is 9.50. The number of allylic oxidation sites excluding steroid dienone is 2. The summed E-state index contributed by atoms with van der Waals surface area (Å²) in [5.74, 6) is 5.24. The highest BCUT2D eigenvalue weighted by Gasteiger charge is 2.64. The van der Waals surface area contributed by atoms with Gasteiger partial charge in [-0.1, -0.05) is 37.4 Å². The minimum atomic E-state index is -0.747. The van der Waals surface area contributed by atoms with Crippen LogP contribution in [0.25, 0.3) is 0 Å². The maximum absolute atomic E-state index is 12.7. The van der Waals surface area contributed by atoms with Crippen molar-refractivity contribution < 1.29 is 14.7 Å². The maximum atomic E-state index is 12.7. The van der Waals surface area contributed by atoms with E-state index in [1.54, 1.807) is 0 Å². The molecule has 0 radical (unpaired) electrons. The number of rotatable bonds is 3. The summed E-state index contributed by atoms with van der Waals surface area (Å²) in [6.07, 6.45) is 17.3. The van der Waals surface area contributed by atoms with E-state index >= 15 is 0 Å². The van der Waals surface area contributed by atoms with Gasteiger partial charge >= 0.3 is 5.97 Å². The van der Waals surface area contributed by atoms with E-state index in [1.165, 1.54) is 12.0 Å². The van der Waals surface area contributed by atoms with Crippen LogP contribution in [0.4, 0.5) is 0 Å². The standard InChI is InChI=1S/C25H35NO3/c1-5-16(3)23(27)29-25(6-2)14-12-22-21-9-7-17-15-18(26-28)8-10-19(17)20(21)11-13-24(22,25)4/h2,15-16,19-22,28H,5,7-14H2,1,3-4H3/b26-18+/t16?,19-,20+,21+,22-,24-,25+/m0/s1. The van der Waals surface area contributed by atoms with Gasteiger partial charge in [-0.05, 0) is 87.5 Å². The van der Waals surface area contributed by atoms with Gasteiger partial charge in [0.1, 0.15) is 0 Å². The topological polar surface area (TPSA) is 58.9 Å². The third-order valence-corrected chi connectivity index (χ3v) is 9.09. The molecule has 0 aromatic heterocycles. The summed E-state index contributed by atoms with van der Waals surface area (Å²) in [6.45, 7) is 6.25. The molecule has 1 N–H and O–H groups in total. The van der Waals surface area contributed by atoms with Crippen molar-refractivity contribution >= 4 is 11.7 Å². The molecule has 0 spiro atoms. The highest BCUT2D eigenvalue weighted by molar-refractivity contribution is 5.96. The second kappa shape index (κ2) is 7.49. The molecule has 0 aromatic rings. The van der Waals surface area contributed by atoms with Crippen molar-refractivity contribution in [1.82, 2.24) is 0 Å². The Morgan fingerprint density at radius 1 is 1.31 bits per heavy atom. The van der Waals surface area contributed by atoms with Crippen molar-refractivity contribution in [3.63, 3.8) is 0 Å². The van der Waals surface area contributed by atoms with Gasteiger partial charge in [0.15, 0.2) is 5.60 Å². The lowest BCUT2D eigenvalue weighted by molar-refractivity contribution is -0.174. The molecule has 4 nitrogen and oxygen atoms in total. The number of esters is 1. The molecule has 3 fully saturated rings. The smallest absolute Gasteiger partial charge is 0.310 e. The Morgan fingerprint density at radius 2 is 2.10 bits per heavy atom. The number of hydrogen-bond donors (Lipinski definition) is 1. The van der Waals surface area contributed by atoms with Crippen molar-refractivity contribution in [3.05, 3.63) is 11.6 Å². The Bertz CT molecular complexity index is 777. The maximum Gasteiger partial charge on any atom is 0.310 e. The molecule has 3 saturated carbocycles. The lowest BCUT2D eigenvalue weighted by Crippen LogP contribution is -2.54. The van der Waals surface area contributed by atoms with Gasteiger partial charge in [0.25, 0.3) is 0 Å². The van der Waals surface area contributed by atoms with E-state index in [1.807, 2.05) is 13.8 Å². The van der Waals surface area contributed by atoms with E-state index in [0.29, 0.717) is 23.7 Å². The molecule has 29 heavy (non-hydrogen) atoms. The Kier molecular flexibility index (Phi) is 5.30. The second-order valence-corrected chi connectivity index (χ2v) is 10.1. The predicted molar refractivity (Wildman–Crippen MR) is 113 cm³/mol. The first kappa shape index (κ1) is 20.5. The summed E-state index contributed by atoms with van der Waals surface area (Å²) in [5.41, 5.74) is 1.44. The van der Waals surface area contributed by atoms with Crippen LogP contribution in [0.2, 0.25) is 0 Å². The first-order valence-corrected chi connectivity index (χ1v) is 11.5. The second-order valence-electron chi connectivity index (χ2n) is 10.1. The van der Waals surface area contributed by atoms with E-state index in [0.717, 1.165) is 57.1 Å². The SMILES string of the molecule is C#C[C@@]1(OC(=O)C(C)CC)CC[C@H]2[C@@H]3CCC4=C/C(=N/O)CC[C@@H]4[C@H]3CC[C@@]21C. The summed E-state index contributed by atoms with van der Waals surface area (Å²) in [4.78, 5) is 12.7. The van der Waals surface area contributed by atoms with Crippen molar-refractivity contribution in [2.75, 3.05) is 0 Å². The molecule has 0 bridgehead atoms. The summed E-state index contributed by atoms with van der Waals surface area (Å²) in [5, 5.41) is 12.6. The minimum Gasteiger partial charge on any atom is -0.445 e. The van der Waals surface area contributed by atoms with Crippen LogP contribution >= 0.6 is 0 Å². The number of hydrogen-bond acceptors (Lipinski definition) is 4. The van der Waals surface area contributed by atoms with Crippen LogP contribution in [-0.4, -0.2) is 22.5 Å². The normalized spacial score (nSPS) is 43.4. The van der Waals surface area contributed by atoms with Crippen molar-refractivity contribution in [2.24, 2.45) is 40.2 Å². The molecule has 0 aromatic carbocycles. The van der Waals surface area contributed by atoms with Crippen LogP contribution in [0, 0.1) is 47.3 Å². The molecule has 4 rings (SSSR count). The van der Waals surface area contributed by atoms with Crippen LogP contribution in [0.3, 0.4) is 0 Å². The van der Waals surface area contributed by atoms with E-state index in [9.17, 15) is 4.79 Å². The molecule has 0 aliphatic heterocycles.